The monoisotopic (exact) mass is 655 g/mol. The minimum Gasteiger partial charge on any atom is -0.481 e. The number of aliphatic hydroxyl groups excluding tert-OH is 1. The lowest BCUT2D eigenvalue weighted by molar-refractivity contribution is -0.235. The van der Waals surface area contributed by atoms with Crippen LogP contribution in [0.5, 0.6) is 0 Å². The Morgan fingerprint density at radius 2 is 1.57 bits per heavy atom. The van der Waals surface area contributed by atoms with E-state index in [9.17, 15) is 24.6 Å². The number of carbonyl (C=O) groups is 3. The number of ketones is 1. The molecule has 0 spiro atoms. The Morgan fingerprint density at radius 3 is 2.17 bits per heavy atom. The van der Waals surface area contributed by atoms with E-state index in [0.717, 1.165) is 56.9 Å². The summed E-state index contributed by atoms with van der Waals surface area (Å²) in [5.74, 6) is 0.190. The largest absolute Gasteiger partial charge is 0.481 e. The number of carboxylic acid groups (broad SMARTS) is 1. The van der Waals surface area contributed by atoms with Crippen LogP contribution in [0.3, 0.4) is 0 Å². The van der Waals surface area contributed by atoms with Crippen molar-refractivity contribution in [3.05, 3.63) is 11.1 Å². The van der Waals surface area contributed by atoms with E-state index in [0.29, 0.717) is 24.8 Å². The molecule has 266 valence electrons. The zero-order valence-electron chi connectivity index (χ0n) is 31.3. The van der Waals surface area contributed by atoms with Gasteiger partial charge in [-0.05, 0) is 111 Å². The van der Waals surface area contributed by atoms with Gasteiger partial charge in [0.2, 0.25) is 0 Å². The molecule has 5 rings (SSSR count). The number of ether oxygens (including phenoxy) is 1. The Balaban J connectivity index is 1.45. The van der Waals surface area contributed by atoms with Crippen LogP contribution in [-0.2, 0) is 19.1 Å². The van der Waals surface area contributed by atoms with Crippen molar-refractivity contribution in [2.45, 2.75) is 159 Å². The van der Waals surface area contributed by atoms with Crippen LogP contribution in [0.4, 0.5) is 0 Å². The molecule has 4 saturated carbocycles. The molecular formula is C40H65NO6. The average molecular weight is 656 g/mol. The van der Waals surface area contributed by atoms with Crippen LogP contribution < -0.4 is 5.32 Å². The number of carbonyl (C=O) groups excluding carboxylic acids is 2. The van der Waals surface area contributed by atoms with Crippen molar-refractivity contribution in [1.82, 2.24) is 5.32 Å². The lowest BCUT2D eigenvalue weighted by Gasteiger charge is -2.72. The fraction of sp³-hybridized carbons (Fsp3) is 0.875. The highest BCUT2D eigenvalue weighted by atomic mass is 16.5. The van der Waals surface area contributed by atoms with Crippen LogP contribution in [0.1, 0.15) is 140 Å². The molecule has 0 bridgehead atoms. The molecule has 0 heterocycles. The number of Topliss-reactive ketones (excluding diaryl/α,β-unsaturated/α-hetero) is 1. The summed E-state index contributed by atoms with van der Waals surface area (Å²) in [6.45, 7) is 24.4. The second-order valence-corrected chi connectivity index (χ2v) is 19.1. The van der Waals surface area contributed by atoms with Gasteiger partial charge in [0.15, 0.2) is 5.78 Å². The summed E-state index contributed by atoms with van der Waals surface area (Å²) in [5, 5.41) is 24.9. The summed E-state index contributed by atoms with van der Waals surface area (Å²) in [5.41, 5.74) is 0.677. The second kappa shape index (κ2) is 12.0. The van der Waals surface area contributed by atoms with Crippen molar-refractivity contribution in [2.75, 3.05) is 6.54 Å². The molecule has 0 saturated heterocycles. The van der Waals surface area contributed by atoms with Crippen LogP contribution >= 0.6 is 0 Å². The van der Waals surface area contributed by atoms with E-state index in [1.54, 1.807) is 13.8 Å². The Morgan fingerprint density at radius 1 is 0.915 bits per heavy atom. The minimum absolute atomic E-state index is 0.0224. The van der Waals surface area contributed by atoms with E-state index < -0.39 is 28.9 Å². The van der Waals surface area contributed by atoms with Gasteiger partial charge in [-0.1, -0.05) is 67.9 Å². The predicted molar refractivity (Wildman–Crippen MR) is 184 cm³/mol. The highest BCUT2D eigenvalue weighted by molar-refractivity contribution is 6.00. The van der Waals surface area contributed by atoms with Gasteiger partial charge in [-0.15, -0.1) is 0 Å². The maximum absolute atomic E-state index is 13.8. The average Bonchev–Trinajstić information content (AvgIpc) is 3.26. The van der Waals surface area contributed by atoms with Gasteiger partial charge in [-0.25, -0.2) is 0 Å². The molecule has 0 aromatic heterocycles. The summed E-state index contributed by atoms with van der Waals surface area (Å²) in [4.78, 5) is 38.6. The van der Waals surface area contributed by atoms with Crippen LogP contribution in [0.15, 0.2) is 11.1 Å². The molecule has 0 aromatic rings. The number of hydrogen-bond acceptors (Lipinski definition) is 6. The van der Waals surface area contributed by atoms with Crippen molar-refractivity contribution < 1.29 is 29.3 Å². The first-order valence-electron chi connectivity index (χ1n) is 18.7. The number of aliphatic carboxylic acids is 1. The number of carboxylic acids is 1. The molecule has 4 fully saturated rings. The standard InChI is InChI=1S/C40H65NO6/c1-23(2)32-26(42)20-40(29(43)22-41-24(3)4)19-18-38(10)25(33(32)40)12-13-28-37(9)16-15-30(47-31(44)21-35(5,6)34(45)46)36(7,8)27(37)14-17-39(28,38)11/h23-25,27-30,41,43H,12-22H2,1-11H3,(H,45,46)/t25-,27?,28-,29?,30+,37+,38-,39-,40?/m1/s1. The van der Waals surface area contributed by atoms with Gasteiger partial charge < -0.3 is 20.3 Å². The van der Waals surface area contributed by atoms with Crippen molar-refractivity contribution in [1.29, 1.82) is 0 Å². The Kier molecular flexibility index (Phi) is 9.30. The number of esters is 1. The first-order valence-corrected chi connectivity index (χ1v) is 18.7. The lowest BCUT2D eigenvalue weighted by atomic mass is 9.33. The highest BCUT2D eigenvalue weighted by Gasteiger charge is 2.70. The summed E-state index contributed by atoms with van der Waals surface area (Å²) >= 11 is 0. The third-order valence-corrected chi connectivity index (χ3v) is 15.2. The third kappa shape index (κ3) is 5.47. The molecule has 5 aliphatic rings. The predicted octanol–water partition coefficient (Wildman–Crippen LogP) is 7.74. The molecule has 0 amide bonds. The molecule has 5 aliphatic carbocycles. The maximum Gasteiger partial charge on any atom is 0.309 e. The zero-order chi connectivity index (χ0) is 35.1. The van der Waals surface area contributed by atoms with Gasteiger partial charge in [0.05, 0.1) is 17.9 Å². The molecule has 0 radical (unpaired) electrons. The molecule has 3 N–H and O–H groups in total. The Labute approximate surface area is 284 Å². The van der Waals surface area contributed by atoms with Gasteiger partial charge in [0.25, 0.3) is 0 Å². The summed E-state index contributed by atoms with van der Waals surface area (Å²) in [7, 11) is 0. The first kappa shape index (κ1) is 36.5. The maximum atomic E-state index is 13.8. The molecule has 47 heavy (non-hydrogen) atoms. The van der Waals surface area contributed by atoms with Gasteiger partial charge in [-0.2, -0.15) is 0 Å². The van der Waals surface area contributed by atoms with E-state index in [2.05, 4.69) is 67.6 Å². The van der Waals surface area contributed by atoms with Crippen molar-refractivity contribution in [3.63, 3.8) is 0 Å². The number of allylic oxidation sites excluding steroid dienone is 1. The molecule has 0 aromatic carbocycles. The van der Waals surface area contributed by atoms with Gasteiger partial charge in [0.1, 0.15) is 6.10 Å². The SMILES string of the molecule is CC(C)NCC(O)C12CC[C@]3(C)[C@H](CC[C@@H]4[C@@]5(C)CC[C@H](OC(=O)CC(C)(C)C(=O)O)C(C)(C)C5CC[C@]43C)C1=C(C(C)C)C(=O)C2. The first-order chi connectivity index (χ1) is 21.6. The van der Waals surface area contributed by atoms with Gasteiger partial charge in [-0.3, -0.25) is 14.4 Å². The number of aliphatic hydroxyl groups is 1. The smallest absolute Gasteiger partial charge is 0.309 e. The van der Waals surface area contributed by atoms with Crippen LogP contribution in [0.25, 0.3) is 0 Å². The number of fused-ring (bicyclic) bond motifs is 7. The highest BCUT2D eigenvalue weighted by Crippen LogP contribution is 2.77. The molecule has 7 nitrogen and oxygen atoms in total. The van der Waals surface area contributed by atoms with Crippen molar-refractivity contribution in [2.24, 2.45) is 56.2 Å². The molecule has 3 unspecified atom stereocenters. The normalized spacial score (nSPS) is 40.4. The zero-order valence-corrected chi connectivity index (χ0v) is 31.3. The fourth-order valence-electron chi connectivity index (χ4n) is 12.5. The molecule has 7 heteroatoms. The van der Waals surface area contributed by atoms with E-state index in [1.165, 1.54) is 5.57 Å². The molecule has 0 aliphatic heterocycles. The quantitative estimate of drug-likeness (QED) is 0.218. The van der Waals surface area contributed by atoms with E-state index in [1.807, 2.05) is 0 Å². The van der Waals surface area contributed by atoms with E-state index in [-0.39, 0.29) is 57.8 Å². The van der Waals surface area contributed by atoms with Gasteiger partial charge >= 0.3 is 11.9 Å². The van der Waals surface area contributed by atoms with E-state index in [4.69, 9.17) is 4.74 Å². The summed E-state index contributed by atoms with van der Waals surface area (Å²) < 4.78 is 6.14. The van der Waals surface area contributed by atoms with Crippen LogP contribution in [0.2, 0.25) is 0 Å². The van der Waals surface area contributed by atoms with Crippen LogP contribution in [0, 0.1) is 56.2 Å². The van der Waals surface area contributed by atoms with Crippen molar-refractivity contribution in [3.8, 4) is 0 Å². The third-order valence-electron chi connectivity index (χ3n) is 15.2. The number of nitrogens with one attached hydrogen (secondary N) is 1. The lowest BCUT2D eigenvalue weighted by Crippen LogP contribution is -2.66. The van der Waals surface area contributed by atoms with Gasteiger partial charge in [0, 0.05) is 29.8 Å². The molecule has 9 atom stereocenters. The Hall–Kier alpha value is -1.73. The summed E-state index contributed by atoms with van der Waals surface area (Å²) in [6.07, 6.45) is 7.50. The number of hydrogen-bond donors (Lipinski definition) is 3. The molecular weight excluding hydrogens is 590 g/mol. The summed E-state index contributed by atoms with van der Waals surface area (Å²) in [6, 6.07) is 0.272. The number of rotatable bonds is 9. The second-order valence-electron chi connectivity index (χ2n) is 19.1. The van der Waals surface area contributed by atoms with Crippen molar-refractivity contribution >= 4 is 17.7 Å². The topological polar surface area (TPSA) is 113 Å². The fourth-order valence-corrected chi connectivity index (χ4v) is 12.5. The Bertz CT molecular complexity index is 1310. The van der Waals surface area contributed by atoms with Crippen LogP contribution in [-0.4, -0.2) is 52.7 Å². The minimum atomic E-state index is -1.15. The van der Waals surface area contributed by atoms with E-state index >= 15 is 0 Å².